The maximum atomic E-state index is 4.66. The molecule has 0 saturated carbocycles. The molecular formula is C14H13N2+. The van der Waals surface area contributed by atoms with Gasteiger partial charge in [-0.3, -0.25) is 0 Å². The molecule has 3 aromatic rings. The van der Waals surface area contributed by atoms with Gasteiger partial charge in [-0.15, -0.1) is 0 Å². The van der Waals surface area contributed by atoms with Crippen LogP contribution in [-0.4, -0.2) is 4.98 Å². The fourth-order valence-electron chi connectivity index (χ4n) is 2.10. The van der Waals surface area contributed by atoms with Crippen LogP contribution in [0.5, 0.6) is 0 Å². The Labute approximate surface area is 94.2 Å². The fourth-order valence-corrected chi connectivity index (χ4v) is 2.10. The van der Waals surface area contributed by atoms with Gasteiger partial charge >= 0.3 is 0 Å². The first-order valence-corrected chi connectivity index (χ1v) is 5.41. The van der Waals surface area contributed by atoms with Gasteiger partial charge in [0, 0.05) is 12.1 Å². The lowest BCUT2D eigenvalue weighted by molar-refractivity contribution is -0.618. The Hall–Kier alpha value is -1.96. The smallest absolute Gasteiger partial charge is 0.231 e. The van der Waals surface area contributed by atoms with Crippen molar-refractivity contribution in [2.75, 3.05) is 0 Å². The van der Waals surface area contributed by atoms with Crippen LogP contribution in [0.4, 0.5) is 0 Å². The Morgan fingerprint density at radius 3 is 2.56 bits per heavy atom. The lowest BCUT2D eigenvalue weighted by atomic mass is 10.2. The summed E-state index contributed by atoms with van der Waals surface area (Å²) >= 11 is 0. The summed E-state index contributed by atoms with van der Waals surface area (Å²) in [5.41, 5.74) is 5.70. The SMILES string of the molecule is Cc1ccc2nc3ccccc3[n+](C)c2c1. The van der Waals surface area contributed by atoms with Crippen molar-refractivity contribution >= 4 is 22.1 Å². The van der Waals surface area contributed by atoms with Crippen molar-refractivity contribution in [1.29, 1.82) is 0 Å². The molecule has 0 fully saturated rings. The number of para-hydroxylation sites is 2. The number of fused-ring (bicyclic) bond motifs is 2. The van der Waals surface area contributed by atoms with Crippen molar-refractivity contribution in [2.45, 2.75) is 6.92 Å². The number of rotatable bonds is 0. The van der Waals surface area contributed by atoms with Crippen LogP contribution < -0.4 is 4.57 Å². The van der Waals surface area contributed by atoms with Crippen molar-refractivity contribution in [3.05, 3.63) is 48.0 Å². The minimum Gasteiger partial charge on any atom is -0.235 e. The van der Waals surface area contributed by atoms with Crippen LogP contribution in [-0.2, 0) is 7.05 Å². The number of aromatic nitrogens is 2. The van der Waals surface area contributed by atoms with Crippen molar-refractivity contribution < 1.29 is 4.57 Å². The van der Waals surface area contributed by atoms with E-state index in [2.05, 4.69) is 53.9 Å². The molecule has 0 atom stereocenters. The normalized spacial score (nSPS) is 11.1. The maximum absolute atomic E-state index is 4.66. The molecule has 0 aliphatic heterocycles. The molecule has 0 N–H and O–H groups in total. The molecule has 78 valence electrons. The summed E-state index contributed by atoms with van der Waals surface area (Å²) in [5.74, 6) is 0. The fraction of sp³-hybridized carbons (Fsp3) is 0.143. The zero-order valence-corrected chi connectivity index (χ0v) is 9.44. The minimum absolute atomic E-state index is 1.04. The van der Waals surface area contributed by atoms with Gasteiger partial charge in [0.05, 0.1) is 0 Å². The third-order valence-corrected chi connectivity index (χ3v) is 2.98. The van der Waals surface area contributed by atoms with Crippen LogP contribution in [0.25, 0.3) is 22.1 Å². The van der Waals surface area contributed by atoms with Crippen LogP contribution in [0.1, 0.15) is 5.56 Å². The minimum atomic E-state index is 1.04. The maximum Gasteiger partial charge on any atom is 0.231 e. The largest absolute Gasteiger partial charge is 0.235 e. The molecular weight excluding hydrogens is 196 g/mol. The molecule has 0 radical (unpaired) electrons. The molecule has 0 spiro atoms. The van der Waals surface area contributed by atoms with Crippen molar-refractivity contribution in [3.8, 4) is 0 Å². The molecule has 2 heteroatoms. The third kappa shape index (κ3) is 1.27. The number of nitrogens with zero attached hydrogens (tertiary/aromatic N) is 2. The van der Waals surface area contributed by atoms with Crippen LogP contribution in [0.3, 0.4) is 0 Å². The van der Waals surface area contributed by atoms with E-state index in [1.165, 1.54) is 16.6 Å². The Bertz CT molecular complexity index is 687. The van der Waals surface area contributed by atoms with Crippen LogP contribution in [0, 0.1) is 6.92 Å². The zero-order chi connectivity index (χ0) is 11.1. The average Bonchev–Trinajstić information content (AvgIpc) is 2.31. The Kier molecular flexibility index (Phi) is 1.90. The van der Waals surface area contributed by atoms with Gasteiger partial charge in [0.15, 0.2) is 0 Å². The van der Waals surface area contributed by atoms with E-state index in [0.717, 1.165) is 11.0 Å². The summed E-state index contributed by atoms with van der Waals surface area (Å²) < 4.78 is 2.20. The van der Waals surface area contributed by atoms with Crippen molar-refractivity contribution in [3.63, 3.8) is 0 Å². The van der Waals surface area contributed by atoms with Crippen LogP contribution in [0.2, 0.25) is 0 Å². The van der Waals surface area contributed by atoms with E-state index in [0.29, 0.717) is 0 Å². The van der Waals surface area contributed by atoms with Gasteiger partial charge in [-0.2, -0.15) is 4.57 Å². The molecule has 0 aliphatic carbocycles. The topological polar surface area (TPSA) is 16.8 Å². The van der Waals surface area contributed by atoms with E-state index in [1.54, 1.807) is 0 Å². The average molecular weight is 209 g/mol. The molecule has 0 bridgehead atoms. The first kappa shape index (κ1) is 9.28. The van der Waals surface area contributed by atoms with Gasteiger partial charge < -0.3 is 0 Å². The van der Waals surface area contributed by atoms with E-state index >= 15 is 0 Å². The molecule has 16 heavy (non-hydrogen) atoms. The predicted octanol–water partition coefficient (Wildman–Crippen LogP) is 2.52. The lowest BCUT2D eigenvalue weighted by Gasteiger charge is -2.01. The van der Waals surface area contributed by atoms with Crippen LogP contribution in [0.15, 0.2) is 42.5 Å². The quantitative estimate of drug-likeness (QED) is 0.410. The van der Waals surface area contributed by atoms with Gasteiger partial charge in [0.2, 0.25) is 11.0 Å². The molecule has 3 rings (SSSR count). The zero-order valence-electron chi connectivity index (χ0n) is 9.44. The summed E-state index contributed by atoms with van der Waals surface area (Å²) in [6.07, 6.45) is 0. The highest BCUT2D eigenvalue weighted by molar-refractivity contribution is 5.81. The second-order valence-electron chi connectivity index (χ2n) is 4.15. The standard InChI is InChI=1S/C14H13N2/c1-10-7-8-12-14(9-10)16(2)13-6-4-3-5-11(13)15-12/h3-9H,1-2H3/q+1. The van der Waals surface area contributed by atoms with E-state index in [1.807, 2.05) is 12.1 Å². The third-order valence-electron chi connectivity index (χ3n) is 2.98. The highest BCUT2D eigenvalue weighted by atomic mass is 15.0. The van der Waals surface area contributed by atoms with Crippen molar-refractivity contribution in [2.24, 2.45) is 7.05 Å². The van der Waals surface area contributed by atoms with Crippen LogP contribution >= 0.6 is 0 Å². The van der Waals surface area contributed by atoms with E-state index in [-0.39, 0.29) is 0 Å². The Morgan fingerprint density at radius 2 is 1.69 bits per heavy atom. The number of hydrogen-bond acceptors (Lipinski definition) is 1. The summed E-state index contributed by atoms with van der Waals surface area (Å²) in [6.45, 7) is 2.11. The summed E-state index contributed by atoms with van der Waals surface area (Å²) in [4.78, 5) is 4.66. The second kappa shape index (κ2) is 3.27. The monoisotopic (exact) mass is 209 g/mol. The molecule has 0 unspecified atom stereocenters. The molecule has 0 amide bonds. The highest BCUT2D eigenvalue weighted by Gasteiger charge is 2.11. The molecule has 0 saturated heterocycles. The van der Waals surface area contributed by atoms with Gasteiger partial charge in [0.1, 0.15) is 18.1 Å². The van der Waals surface area contributed by atoms with Gasteiger partial charge in [-0.25, -0.2) is 4.98 Å². The summed E-state index contributed by atoms with van der Waals surface area (Å²) in [5, 5.41) is 0. The van der Waals surface area contributed by atoms with Gasteiger partial charge in [-0.05, 0) is 24.6 Å². The molecule has 0 aliphatic rings. The number of hydrogen-bond donors (Lipinski definition) is 0. The van der Waals surface area contributed by atoms with Gasteiger partial charge in [-0.1, -0.05) is 18.2 Å². The summed E-state index contributed by atoms with van der Waals surface area (Å²) in [6, 6.07) is 14.6. The Morgan fingerprint density at radius 1 is 0.938 bits per heavy atom. The first-order chi connectivity index (χ1) is 7.75. The number of benzene rings is 2. The first-order valence-electron chi connectivity index (χ1n) is 5.41. The lowest BCUT2D eigenvalue weighted by Crippen LogP contribution is -2.30. The van der Waals surface area contributed by atoms with E-state index in [4.69, 9.17) is 0 Å². The molecule has 1 aromatic heterocycles. The highest BCUT2D eigenvalue weighted by Crippen LogP contribution is 2.14. The number of aryl methyl sites for hydroxylation is 2. The van der Waals surface area contributed by atoms with Crippen molar-refractivity contribution in [1.82, 2.24) is 4.98 Å². The van der Waals surface area contributed by atoms with E-state index < -0.39 is 0 Å². The Balaban J connectivity index is 2.56. The van der Waals surface area contributed by atoms with Gasteiger partial charge in [0.25, 0.3) is 0 Å². The molecule has 1 heterocycles. The second-order valence-corrected chi connectivity index (χ2v) is 4.15. The summed E-state index contributed by atoms with van der Waals surface area (Å²) in [7, 11) is 2.09. The van der Waals surface area contributed by atoms with E-state index in [9.17, 15) is 0 Å². The molecule has 2 nitrogen and oxygen atoms in total. The predicted molar refractivity (Wildman–Crippen MR) is 65.2 cm³/mol. The molecule has 2 aromatic carbocycles.